The van der Waals surface area contributed by atoms with Gasteiger partial charge in [0.05, 0.1) is 5.92 Å². The van der Waals surface area contributed by atoms with Gasteiger partial charge in [-0.05, 0) is 49.6 Å². The third kappa shape index (κ3) is 3.04. The summed E-state index contributed by atoms with van der Waals surface area (Å²) in [6.07, 6.45) is 0.255. The first-order valence-corrected chi connectivity index (χ1v) is 8.20. The van der Waals surface area contributed by atoms with Crippen LogP contribution in [0.15, 0.2) is 42.5 Å². The van der Waals surface area contributed by atoms with Crippen LogP contribution in [-0.2, 0) is 9.59 Å². The molecular weight excluding hydrogens is 300 g/mol. The fourth-order valence-electron chi connectivity index (χ4n) is 3.10. The second-order valence-electron chi connectivity index (χ2n) is 6.43. The second kappa shape index (κ2) is 6.48. The summed E-state index contributed by atoms with van der Waals surface area (Å²) in [4.78, 5) is 26.7. The van der Waals surface area contributed by atoms with Crippen molar-refractivity contribution in [1.82, 2.24) is 0 Å². The van der Waals surface area contributed by atoms with Gasteiger partial charge in [-0.15, -0.1) is 0 Å². The zero-order valence-corrected chi connectivity index (χ0v) is 14.3. The van der Waals surface area contributed by atoms with E-state index in [0.717, 1.165) is 28.1 Å². The third-order valence-electron chi connectivity index (χ3n) is 4.76. The summed E-state index contributed by atoms with van der Waals surface area (Å²) in [7, 11) is 0. The molecule has 2 aromatic carbocycles. The summed E-state index contributed by atoms with van der Waals surface area (Å²) >= 11 is 0. The van der Waals surface area contributed by atoms with Crippen LogP contribution >= 0.6 is 0 Å². The van der Waals surface area contributed by atoms with Crippen molar-refractivity contribution in [2.75, 3.05) is 16.8 Å². The van der Waals surface area contributed by atoms with E-state index in [1.54, 1.807) is 4.90 Å². The van der Waals surface area contributed by atoms with Crippen LogP contribution in [0.3, 0.4) is 0 Å². The minimum Gasteiger partial charge on any atom is -0.326 e. The number of amides is 2. The maximum Gasteiger partial charge on any atom is 0.229 e. The average molecular weight is 322 g/mol. The molecule has 0 spiro atoms. The van der Waals surface area contributed by atoms with Gasteiger partial charge in [0.25, 0.3) is 0 Å². The van der Waals surface area contributed by atoms with E-state index in [9.17, 15) is 9.59 Å². The number of carbonyl (C=O) groups is 2. The van der Waals surface area contributed by atoms with E-state index < -0.39 is 0 Å². The topological polar surface area (TPSA) is 49.4 Å². The molecule has 2 amide bonds. The minimum atomic E-state index is -0.322. The maximum absolute atomic E-state index is 12.6. The molecule has 1 aliphatic heterocycles. The highest BCUT2D eigenvalue weighted by Crippen LogP contribution is 2.29. The molecule has 1 aliphatic rings. The molecule has 0 bridgehead atoms. The molecule has 24 heavy (non-hydrogen) atoms. The Morgan fingerprint density at radius 3 is 2.50 bits per heavy atom. The largest absolute Gasteiger partial charge is 0.326 e. The Bertz CT molecular complexity index is 798. The molecule has 0 unspecified atom stereocenters. The van der Waals surface area contributed by atoms with Gasteiger partial charge in [-0.3, -0.25) is 9.59 Å². The Labute approximate surface area is 142 Å². The Balaban J connectivity index is 1.75. The fraction of sp³-hybridized carbons (Fsp3) is 0.300. The molecule has 2 aromatic rings. The van der Waals surface area contributed by atoms with Crippen LogP contribution in [0.25, 0.3) is 0 Å². The molecule has 1 atom stereocenters. The van der Waals surface area contributed by atoms with Crippen molar-refractivity contribution >= 4 is 23.2 Å². The SMILES string of the molecule is Cc1ccccc1N1C[C@@H](C(=O)Nc2cccc(C)c2C)CC1=O. The number of hydrogen-bond donors (Lipinski definition) is 1. The third-order valence-corrected chi connectivity index (χ3v) is 4.76. The van der Waals surface area contributed by atoms with E-state index >= 15 is 0 Å². The van der Waals surface area contributed by atoms with Crippen molar-refractivity contribution in [3.8, 4) is 0 Å². The lowest BCUT2D eigenvalue weighted by molar-refractivity contribution is -0.122. The molecule has 124 valence electrons. The van der Waals surface area contributed by atoms with Gasteiger partial charge in [-0.25, -0.2) is 0 Å². The molecule has 0 saturated carbocycles. The predicted octanol–water partition coefficient (Wildman–Crippen LogP) is 3.60. The number of nitrogens with one attached hydrogen (secondary N) is 1. The number of aryl methyl sites for hydroxylation is 2. The molecular formula is C20H22N2O2. The van der Waals surface area contributed by atoms with E-state index in [1.807, 2.05) is 63.2 Å². The van der Waals surface area contributed by atoms with Crippen molar-refractivity contribution in [3.63, 3.8) is 0 Å². The minimum absolute atomic E-state index is 0.00501. The zero-order chi connectivity index (χ0) is 17.3. The van der Waals surface area contributed by atoms with Crippen LogP contribution < -0.4 is 10.2 Å². The van der Waals surface area contributed by atoms with Crippen LogP contribution in [-0.4, -0.2) is 18.4 Å². The molecule has 1 N–H and O–H groups in total. The van der Waals surface area contributed by atoms with Gasteiger partial charge in [-0.2, -0.15) is 0 Å². The molecule has 0 aromatic heterocycles. The summed E-state index contributed by atoms with van der Waals surface area (Å²) in [5, 5.41) is 2.98. The highest BCUT2D eigenvalue weighted by Gasteiger charge is 2.35. The average Bonchev–Trinajstić information content (AvgIpc) is 2.94. The summed E-state index contributed by atoms with van der Waals surface area (Å²) in [6.45, 7) is 6.42. The Kier molecular flexibility index (Phi) is 4.38. The summed E-state index contributed by atoms with van der Waals surface area (Å²) in [6, 6.07) is 13.6. The first-order chi connectivity index (χ1) is 11.5. The van der Waals surface area contributed by atoms with Gasteiger partial charge in [0.1, 0.15) is 0 Å². The molecule has 0 aliphatic carbocycles. The van der Waals surface area contributed by atoms with E-state index in [4.69, 9.17) is 0 Å². The number of para-hydroxylation sites is 1. The second-order valence-corrected chi connectivity index (χ2v) is 6.43. The van der Waals surface area contributed by atoms with E-state index in [0.29, 0.717) is 6.54 Å². The van der Waals surface area contributed by atoms with Crippen molar-refractivity contribution in [2.24, 2.45) is 5.92 Å². The zero-order valence-electron chi connectivity index (χ0n) is 14.3. The Morgan fingerprint density at radius 2 is 1.75 bits per heavy atom. The van der Waals surface area contributed by atoms with Gasteiger partial charge in [0.15, 0.2) is 0 Å². The van der Waals surface area contributed by atoms with Crippen LogP contribution in [0.4, 0.5) is 11.4 Å². The summed E-state index contributed by atoms with van der Waals surface area (Å²) in [5.41, 5.74) is 4.95. The highest BCUT2D eigenvalue weighted by molar-refractivity contribution is 6.04. The molecule has 4 nitrogen and oxygen atoms in total. The lowest BCUT2D eigenvalue weighted by Crippen LogP contribution is -2.28. The van der Waals surface area contributed by atoms with Crippen molar-refractivity contribution < 1.29 is 9.59 Å². The van der Waals surface area contributed by atoms with Crippen molar-refractivity contribution in [2.45, 2.75) is 27.2 Å². The fourth-order valence-corrected chi connectivity index (χ4v) is 3.10. The molecule has 4 heteroatoms. The van der Waals surface area contributed by atoms with Gasteiger partial charge < -0.3 is 10.2 Å². The van der Waals surface area contributed by atoms with Crippen LogP contribution in [0.1, 0.15) is 23.1 Å². The Hall–Kier alpha value is -2.62. The summed E-state index contributed by atoms with van der Waals surface area (Å²) < 4.78 is 0. The highest BCUT2D eigenvalue weighted by atomic mass is 16.2. The lowest BCUT2D eigenvalue weighted by Gasteiger charge is -2.19. The van der Waals surface area contributed by atoms with Gasteiger partial charge in [0.2, 0.25) is 11.8 Å². The van der Waals surface area contributed by atoms with Crippen LogP contribution in [0.2, 0.25) is 0 Å². The number of carbonyl (C=O) groups excluding carboxylic acids is 2. The van der Waals surface area contributed by atoms with Crippen LogP contribution in [0.5, 0.6) is 0 Å². The molecule has 1 saturated heterocycles. The van der Waals surface area contributed by atoms with Gasteiger partial charge in [-0.1, -0.05) is 30.3 Å². The standard InChI is InChI=1S/C20H22N2O2/c1-13-8-6-9-17(15(13)3)21-20(24)16-11-19(23)22(12-16)18-10-5-4-7-14(18)2/h4-10,16H,11-12H2,1-3H3,(H,21,24)/t16-/m0/s1. The molecule has 1 heterocycles. The number of rotatable bonds is 3. The summed E-state index contributed by atoms with van der Waals surface area (Å²) in [5.74, 6) is -0.407. The first-order valence-electron chi connectivity index (χ1n) is 8.20. The van der Waals surface area contributed by atoms with E-state index in [-0.39, 0.29) is 24.2 Å². The predicted molar refractivity (Wildman–Crippen MR) is 96.2 cm³/mol. The number of nitrogens with zero attached hydrogens (tertiary/aromatic N) is 1. The first kappa shape index (κ1) is 16.2. The molecule has 1 fully saturated rings. The van der Waals surface area contributed by atoms with Gasteiger partial charge in [0, 0.05) is 24.3 Å². The number of hydrogen-bond acceptors (Lipinski definition) is 2. The smallest absolute Gasteiger partial charge is 0.229 e. The number of benzene rings is 2. The normalized spacial score (nSPS) is 17.2. The van der Waals surface area contributed by atoms with Crippen molar-refractivity contribution in [1.29, 1.82) is 0 Å². The maximum atomic E-state index is 12.6. The quantitative estimate of drug-likeness (QED) is 0.938. The number of anilines is 2. The van der Waals surface area contributed by atoms with E-state index in [2.05, 4.69) is 5.32 Å². The van der Waals surface area contributed by atoms with Crippen molar-refractivity contribution in [3.05, 3.63) is 59.2 Å². The molecule has 3 rings (SSSR count). The molecule has 0 radical (unpaired) electrons. The Morgan fingerprint density at radius 1 is 1.04 bits per heavy atom. The monoisotopic (exact) mass is 322 g/mol. The van der Waals surface area contributed by atoms with Gasteiger partial charge >= 0.3 is 0 Å². The lowest BCUT2D eigenvalue weighted by atomic mass is 10.1. The van der Waals surface area contributed by atoms with Crippen LogP contribution in [0, 0.1) is 26.7 Å². The van der Waals surface area contributed by atoms with E-state index in [1.165, 1.54) is 0 Å².